The van der Waals surface area contributed by atoms with E-state index in [2.05, 4.69) is 43.0 Å². The number of nitrogens with one attached hydrogen (secondary N) is 4. The Labute approximate surface area is 271 Å². The summed E-state index contributed by atoms with van der Waals surface area (Å²) >= 11 is 0. The zero-order chi connectivity index (χ0) is 32.2. The first kappa shape index (κ1) is 29.5. The molecule has 7 aromatic rings. The van der Waals surface area contributed by atoms with Crippen LogP contribution in [0.15, 0.2) is 104 Å². The number of ether oxygens (including phenoxy) is 1. The first-order chi connectivity index (χ1) is 23.0. The van der Waals surface area contributed by atoms with E-state index in [4.69, 9.17) is 9.84 Å². The number of H-pyrrole nitrogens is 1. The minimum Gasteiger partial charge on any atom is -0.438 e. The number of benzene rings is 4. The lowest BCUT2D eigenvalue weighted by atomic mass is 10.1. The van der Waals surface area contributed by atoms with Crippen molar-refractivity contribution < 1.29 is 9.53 Å². The van der Waals surface area contributed by atoms with Crippen LogP contribution in [0.25, 0.3) is 27.4 Å². The van der Waals surface area contributed by atoms with Gasteiger partial charge in [-0.2, -0.15) is 10.2 Å². The average molecular weight is 624 g/mol. The van der Waals surface area contributed by atoms with Gasteiger partial charge in [-0.05, 0) is 62.2 Å². The number of hydrogen-bond donors (Lipinski definition) is 4. The normalized spacial score (nSPS) is 11.1. The lowest BCUT2D eigenvalue weighted by Gasteiger charge is -2.14. The standard InChI is InChI=1S/C36H33N9O2/c1-3-4-7-26-19-34(45(44-26)27-13-10-23(2)11-14-27)42-36(46)41-31-16-17-32(29-9-6-5-8-28(29)31)47-35-20-33(37-22-38-35)40-25-12-15-30-24(18-25)21-39-43-30/h5-6,8-22H,3-4,7H2,1-2H3,(H,39,43)(H,37,38,40)(H2,41,42,46). The highest BCUT2D eigenvalue weighted by atomic mass is 16.5. The van der Waals surface area contributed by atoms with Gasteiger partial charge in [-0.25, -0.2) is 19.4 Å². The van der Waals surface area contributed by atoms with E-state index < -0.39 is 0 Å². The van der Waals surface area contributed by atoms with Gasteiger partial charge < -0.3 is 15.4 Å². The number of fused-ring (bicyclic) bond motifs is 2. The molecule has 0 saturated heterocycles. The van der Waals surface area contributed by atoms with Crippen molar-refractivity contribution in [2.45, 2.75) is 33.1 Å². The van der Waals surface area contributed by atoms with E-state index in [1.165, 1.54) is 6.33 Å². The van der Waals surface area contributed by atoms with Gasteiger partial charge in [0.05, 0.1) is 28.8 Å². The van der Waals surface area contributed by atoms with Crippen LogP contribution in [0.4, 0.5) is 27.8 Å². The van der Waals surface area contributed by atoms with Crippen molar-refractivity contribution in [2.24, 2.45) is 0 Å². The van der Waals surface area contributed by atoms with Gasteiger partial charge in [0.1, 0.15) is 23.7 Å². The summed E-state index contributed by atoms with van der Waals surface area (Å²) in [7, 11) is 0. The number of nitrogens with zero attached hydrogens (tertiary/aromatic N) is 5. The van der Waals surface area contributed by atoms with Crippen molar-refractivity contribution in [3.8, 4) is 17.3 Å². The zero-order valence-electron chi connectivity index (χ0n) is 26.0. The highest BCUT2D eigenvalue weighted by molar-refractivity contribution is 6.07. The van der Waals surface area contributed by atoms with Gasteiger partial charge in [-0.3, -0.25) is 10.4 Å². The number of unbranched alkanes of at least 4 members (excludes halogenated alkanes) is 1. The number of aryl methyl sites for hydroxylation is 2. The predicted molar refractivity (Wildman–Crippen MR) is 185 cm³/mol. The van der Waals surface area contributed by atoms with Crippen LogP contribution in [-0.4, -0.2) is 36.0 Å². The second-order valence-electron chi connectivity index (χ2n) is 11.2. The van der Waals surface area contributed by atoms with Crippen molar-refractivity contribution in [3.05, 3.63) is 115 Å². The number of hydrogen-bond acceptors (Lipinski definition) is 7. The van der Waals surface area contributed by atoms with E-state index in [-0.39, 0.29) is 6.03 Å². The van der Waals surface area contributed by atoms with Crippen molar-refractivity contribution in [3.63, 3.8) is 0 Å². The largest absolute Gasteiger partial charge is 0.438 e. The van der Waals surface area contributed by atoms with Crippen LogP contribution in [0.2, 0.25) is 0 Å². The summed E-state index contributed by atoms with van der Waals surface area (Å²) in [5, 5.41) is 23.8. The Kier molecular flexibility index (Phi) is 8.16. The van der Waals surface area contributed by atoms with E-state index in [0.29, 0.717) is 29.0 Å². The maximum atomic E-state index is 13.4. The molecule has 4 aromatic carbocycles. The summed E-state index contributed by atoms with van der Waals surface area (Å²) in [4.78, 5) is 22.1. The van der Waals surface area contributed by atoms with Crippen LogP contribution in [0.3, 0.4) is 0 Å². The van der Waals surface area contributed by atoms with Crippen LogP contribution >= 0.6 is 0 Å². The van der Waals surface area contributed by atoms with Crippen LogP contribution < -0.4 is 20.7 Å². The van der Waals surface area contributed by atoms with Crippen molar-refractivity contribution in [1.29, 1.82) is 0 Å². The van der Waals surface area contributed by atoms with E-state index in [1.54, 1.807) is 16.9 Å². The molecule has 47 heavy (non-hydrogen) atoms. The van der Waals surface area contributed by atoms with Gasteiger partial charge in [0.25, 0.3) is 0 Å². The second-order valence-corrected chi connectivity index (χ2v) is 11.2. The molecule has 0 aliphatic rings. The summed E-state index contributed by atoms with van der Waals surface area (Å²) in [6, 6.07) is 28.6. The molecule has 3 aromatic heterocycles. The molecule has 234 valence electrons. The quantitative estimate of drug-likeness (QED) is 0.120. The molecule has 0 spiro atoms. The summed E-state index contributed by atoms with van der Waals surface area (Å²) in [5.41, 5.74) is 5.41. The molecule has 3 heterocycles. The van der Waals surface area contributed by atoms with Gasteiger partial charge in [0.15, 0.2) is 0 Å². The molecule has 0 radical (unpaired) electrons. The Hall–Kier alpha value is -6.23. The molecular formula is C36H33N9O2. The van der Waals surface area contributed by atoms with Crippen LogP contribution in [0.1, 0.15) is 31.0 Å². The third kappa shape index (κ3) is 6.59. The van der Waals surface area contributed by atoms with Gasteiger partial charge in [0, 0.05) is 34.0 Å². The summed E-state index contributed by atoms with van der Waals surface area (Å²) in [6.07, 6.45) is 6.14. The lowest BCUT2D eigenvalue weighted by Crippen LogP contribution is -2.21. The molecule has 0 aliphatic carbocycles. The minimum absolute atomic E-state index is 0.374. The highest BCUT2D eigenvalue weighted by Crippen LogP contribution is 2.34. The number of aromatic nitrogens is 6. The molecule has 2 amide bonds. The molecule has 0 unspecified atom stereocenters. The van der Waals surface area contributed by atoms with Crippen molar-refractivity contribution in [2.75, 3.05) is 16.0 Å². The van der Waals surface area contributed by atoms with Gasteiger partial charge >= 0.3 is 6.03 Å². The van der Waals surface area contributed by atoms with Crippen LogP contribution in [0.5, 0.6) is 11.6 Å². The van der Waals surface area contributed by atoms with E-state index >= 15 is 0 Å². The van der Waals surface area contributed by atoms with Gasteiger partial charge in [-0.15, -0.1) is 0 Å². The number of amides is 2. The molecule has 4 N–H and O–H groups in total. The van der Waals surface area contributed by atoms with Crippen LogP contribution in [0, 0.1) is 6.92 Å². The zero-order valence-corrected chi connectivity index (χ0v) is 26.0. The van der Waals surface area contributed by atoms with E-state index in [0.717, 1.165) is 63.6 Å². The van der Waals surface area contributed by atoms with Crippen molar-refractivity contribution in [1.82, 2.24) is 29.9 Å². The van der Waals surface area contributed by atoms with E-state index in [1.807, 2.05) is 91.9 Å². The summed E-state index contributed by atoms with van der Waals surface area (Å²) in [5.74, 6) is 2.15. The molecular weight excluding hydrogens is 590 g/mol. The highest BCUT2D eigenvalue weighted by Gasteiger charge is 2.15. The lowest BCUT2D eigenvalue weighted by molar-refractivity contribution is 0.262. The monoisotopic (exact) mass is 623 g/mol. The SMILES string of the molecule is CCCCc1cc(NC(=O)Nc2ccc(Oc3cc(Nc4ccc5[nH]ncc5c4)ncn3)c3ccccc23)n(-c2ccc(C)cc2)n1. The fourth-order valence-electron chi connectivity index (χ4n) is 5.37. The molecule has 7 rings (SSSR count). The van der Waals surface area contributed by atoms with Crippen LogP contribution in [-0.2, 0) is 6.42 Å². The Morgan fingerprint density at radius 2 is 1.77 bits per heavy atom. The molecule has 11 heteroatoms. The van der Waals surface area contributed by atoms with Gasteiger partial charge in [0.2, 0.25) is 5.88 Å². The minimum atomic E-state index is -0.376. The third-order valence-corrected chi connectivity index (χ3v) is 7.77. The molecule has 0 saturated carbocycles. The maximum absolute atomic E-state index is 13.4. The average Bonchev–Trinajstić information content (AvgIpc) is 3.72. The number of carbonyl (C=O) groups excluding carboxylic acids is 1. The fraction of sp³-hybridized carbons (Fsp3) is 0.139. The topological polar surface area (TPSA) is 135 Å². The number of rotatable bonds is 10. The smallest absolute Gasteiger partial charge is 0.324 e. The van der Waals surface area contributed by atoms with Gasteiger partial charge in [-0.1, -0.05) is 55.3 Å². The molecule has 0 fully saturated rings. The first-order valence-corrected chi connectivity index (χ1v) is 15.5. The molecule has 0 bridgehead atoms. The van der Waals surface area contributed by atoms with E-state index in [9.17, 15) is 4.79 Å². The Bertz CT molecular complexity index is 2190. The third-order valence-electron chi connectivity index (χ3n) is 7.77. The number of anilines is 4. The predicted octanol–water partition coefficient (Wildman–Crippen LogP) is 8.52. The number of carbonyl (C=O) groups is 1. The fourth-order valence-corrected chi connectivity index (χ4v) is 5.37. The first-order valence-electron chi connectivity index (χ1n) is 15.5. The Morgan fingerprint density at radius 1 is 0.915 bits per heavy atom. The number of urea groups is 1. The van der Waals surface area contributed by atoms with Crippen molar-refractivity contribution >= 4 is 50.7 Å². The Morgan fingerprint density at radius 3 is 2.62 bits per heavy atom. The second kappa shape index (κ2) is 13.0. The Balaban J connectivity index is 1.10. The molecule has 0 atom stereocenters. The molecule has 11 nitrogen and oxygen atoms in total. The maximum Gasteiger partial charge on any atom is 0.324 e. The summed E-state index contributed by atoms with van der Waals surface area (Å²) in [6.45, 7) is 4.19. The summed E-state index contributed by atoms with van der Waals surface area (Å²) < 4.78 is 8.02. The molecule has 0 aliphatic heterocycles. The number of aromatic amines is 1.